The Hall–Kier alpha value is -1.46. The first-order valence-corrected chi connectivity index (χ1v) is 8.03. The molecule has 0 spiro atoms. The average Bonchev–Trinajstić information content (AvgIpc) is 2.51. The Morgan fingerprint density at radius 3 is 2.43 bits per heavy atom. The van der Waals surface area contributed by atoms with E-state index in [4.69, 9.17) is 0 Å². The molecule has 4 nitrogen and oxygen atoms in total. The molecule has 21 heavy (non-hydrogen) atoms. The lowest BCUT2D eigenvalue weighted by molar-refractivity contribution is 0.248. The van der Waals surface area contributed by atoms with Gasteiger partial charge < -0.3 is 4.90 Å². The van der Waals surface area contributed by atoms with Gasteiger partial charge in [0.2, 0.25) is 0 Å². The van der Waals surface area contributed by atoms with E-state index in [1.165, 1.54) is 10.0 Å². The van der Waals surface area contributed by atoms with Crippen molar-refractivity contribution in [2.75, 3.05) is 31.1 Å². The highest BCUT2D eigenvalue weighted by Gasteiger charge is 2.18. The minimum absolute atomic E-state index is 0.964. The number of nitrogens with zero attached hydrogens (tertiary/aromatic N) is 4. The fourth-order valence-electron chi connectivity index (χ4n) is 2.56. The van der Waals surface area contributed by atoms with Gasteiger partial charge in [-0.3, -0.25) is 4.90 Å². The lowest BCUT2D eigenvalue weighted by Gasteiger charge is -2.35. The van der Waals surface area contributed by atoms with Gasteiger partial charge >= 0.3 is 0 Å². The van der Waals surface area contributed by atoms with Gasteiger partial charge in [-0.25, -0.2) is 0 Å². The van der Waals surface area contributed by atoms with Crippen molar-refractivity contribution in [2.24, 2.45) is 0 Å². The normalized spacial score (nSPS) is 16.2. The molecule has 1 aliphatic rings. The summed E-state index contributed by atoms with van der Waals surface area (Å²) in [6.45, 7) is 7.07. The fraction of sp³-hybridized carbons (Fsp3) is 0.375. The number of aryl methyl sites for hydroxylation is 1. The predicted molar refractivity (Wildman–Crippen MR) is 88.4 cm³/mol. The van der Waals surface area contributed by atoms with Crippen LogP contribution in [0.3, 0.4) is 0 Å². The SMILES string of the molecule is Cc1ccc(N2CCN(Cc3ccccc3Br)CC2)nn1. The topological polar surface area (TPSA) is 32.3 Å². The summed E-state index contributed by atoms with van der Waals surface area (Å²) in [5.41, 5.74) is 2.31. The number of hydrogen-bond acceptors (Lipinski definition) is 4. The van der Waals surface area contributed by atoms with Gasteiger partial charge in [0, 0.05) is 37.2 Å². The zero-order valence-electron chi connectivity index (χ0n) is 12.2. The highest BCUT2D eigenvalue weighted by molar-refractivity contribution is 9.10. The molecule has 3 rings (SSSR count). The minimum atomic E-state index is 0.964. The van der Waals surface area contributed by atoms with E-state index in [0.29, 0.717) is 0 Å². The third kappa shape index (κ3) is 3.60. The third-order valence-corrected chi connectivity index (χ3v) is 4.61. The molecule has 0 radical (unpaired) electrons. The van der Waals surface area contributed by atoms with E-state index in [1.54, 1.807) is 0 Å². The monoisotopic (exact) mass is 346 g/mol. The highest BCUT2D eigenvalue weighted by Crippen LogP contribution is 2.19. The standard InChI is InChI=1S/C16H19BrN4/c1-13-6-7-16(19-18-13)21-10-8-20(9-11-21)12-14-4-2-3-5-15(14)17/h2-7H,8-12H2,1H3. The molecule has 1 aromatic heterocycles. The van der Waals surface area contributed by atoms with Crippen molar-refractivity contribution < 1.29 is 0 Å². The van der Waals surface area contributed by atoms with Crippen LogP contribution in [-0.2, 0) is 6.54 Å². The van der Waals surface area contributed by atoms with Crippen molar-refractivity contribution in [3.63, 3.8) is 0 Å². The molecular weight excluding hydrogens is 328 g/mol. The van der Waals surface area contributed by atoms with E-state index in [9.17, 15) is 0 Å². The van der Waals surface area contributed by atoms with Crippen LogP contribution in [0.1, 0.15) is 11.3 Å². The van der Waals surface area contributed by atoms with Crippen LogP contribution in [0.15, 0.2) is 40.9 Å². The molecule has 1 saturated heterocycles. The molecule has 0 bridgehead atoms. The van der Waals surface area contributed by atoms with Gasteiger partial charge in [-0.05, 0) is 30.7 Å². The second kappa shape index (κ2) is 6.54. The summed E-state index contributed by atoms with van der Waals surface area (Å²) in [4.78, 5) is 4.79. The van der Waals surface area contributed by atoms with Crippen LogP contribution < -0.4 is 4.90 Å². The van der Waals surface area contributed by atoms with E-state index in [0.717, 1.165) is 44.2 Å². The number of piperazine rings is 1. The first-order valence-electron chi connectivity index (χ1n) is 7.23. The molecule has 1 aliphatic heterocycles. The fourth-order valence-corrected chi connectivity index (χ4v) is 2.97. The Balaban J connectivity index is 1.58. The number of halogens is 1. The highest BCUT2D eigenvalue weighted by atomic mass is 79.9. The van der Waals surface area contributed by atoms with Gasteiger partial charge in [0.1, 0.15) is 0 Å². The van der Waals surface area contributed by atoms with Crippen molar-refractivity contribution in [1.29, 1.82) is 0 Å². The molecule has 110 valence electrons. The zero-order valence-corrected chi connectivity index (χ0v) is 13.8. The van der Waals surface area contributed by atoms with Gasteiger partial charge in [0.25, 0.3) is 0 Å². The van der Waals surface area contributed by atoms with Crippen molar-refractivity contribution in [2.45, 2.75) is 13.5 Å². The number of aromatic nitrogens is 2. The van der Waals surface area contributed by atoms with E-state index >= 15 is 0 Å². The van der Waals surface area contributed by atoms with E-state index in [-0.39, 0.29) is 0 Å². The summed E-state index contributed by atoms with van der Waals surface area (Å²) >= 11 is 3.62. The smallest absolute Gasteiger partial charge is 0.151 e. The zero-order chi connectivity index (χ0) is 14.7. The molecule has 1 fully saturated rings. The molecule has 0 aliphatic carbocycles. The van der Waals surface area contributed by atoms with Crippen LogP contribution in [0.25, 0.3) is 0 Å². The van der Waals surface area contributed by atoms with E-state index < -0.39 is 0 Å². The van der Waals surface area contributed by atoms with Gasteiger partial charge in [0.05, 0.1) is 5.69 Å². The largest absolute Gasteiger partial charge is 0.353 e. The van der Waals surface area contributed by atoms with E-state index in [2.05, 4.69) is 66.3 Å². The maximum absolute atomic E-state index is 4.27. The number of hydrogen-bond donors (Lipinski definition) is 0. The molecule has 0 unspecified atom stereocenters. The molecular formula is C16H19BrN4. The summed E-state index contributed by atoms with van der Waals surface area (Å²) < 4.78 is 1.19. The second-order valence-electron chi connectivity index (χ2n) is 5.39. The summed E-state index contributed by atoms with van der Waals surface area (Å²) in [6.07, 6.45) is 0. The Bertz CT molecular complexity index is 591. The Morgan fingerprint density at radius 2 is 1.76 bits per heavy atom. The second-order valence-corrected chi connectivity index (χ2v) is 6.24. The van der Waals surface area contributed by atoms with Crippen LogP contribution in [0.2, 0.25) is 0 Å². The number of benzene rings is 1. The molecule has 1 aromatic carbocycles. The van der Waals surface area contributed by atoms with Crippen LogP contribution >= 0.6 is 15.9 Å². The van der Waals surface area contributed by atoms with Gasteiger partial charge in [-0.2, -0.15) is 5.10 Å². The van der Waals surface area contributed by atoms with Crippen LogP contribution in [0, 0.1) is 6.92 Å². The molecule has 0 saturated carbocycles. The number of anilines is 1. The number of rotatable bonds is 3. The molecule has 2 heterocycles. The summed E-state index contributed by atoms with van der Waals surface area (Å²) in [7, 11) is 0. The molecule has 0 N–H and O–H groups in total. The Morgan fingerprint density at radius 1 is 1.00 bits per heavy atom. The van der Waals surface area contributed by atoms with E-state index in [1.807, 2.05) is 13.0 Å². The van der Waals surface area contributed by atoms with Crippen LogP contribution in [-0.4, -0.2) is 41.3 Å². The lowest BCUT2D eigenvalue weighted by Crippen LogP contribution is -2.46. The quantitative estimate of drug-likeness (QED) is 0.855. The first-order chi connectivity index (χ1) is 10.2. The van der Waals surface area contributed by atoms with Gasteiger partial charge in [-0.1, -0.05) is 34.1 Å². The minimum Gasteiger partial charge on any atom is -0.353 e. The first kappa shape index (κ1) is 14.5. The maximum atomic E-state index is 4.27. The molecule has 0 atom stereocenters. The van der Waals surface area contributed by atoms with Crippen molar-refractivity contribution in [3.05, 3.63) is 52.1 Å². The third-order valence-electron chi connectivity index (χ3n) is 3.83. The van der Waals surface area contributed by atoms with Crippen LogP contribution in [0.4, 0.5) is 5.82 Å². The lowest BCUT2D eigenvalue weighted by atomic mass is 10.2. The van der Waals surface area contributed by atoms with Crippen molar-refractivity contribution >= 4 is 21.7 Å². The van der Waals surface area contributed by atoms with Crippen molar-refractivity contribution in [3.8, 4) is 0 Å². The molecule has 2 aromatic rings. The summed E-state index contributed by atoms with van der Waals surface area (Å²) in [6, 6.07) is 12.5. The summed E-state index contributed by atoms with van der Waals surface area (Å²) in [5.74, 6) is 0.987. The van der Waals surface area contributed by atoms with Crippen molar-refractivity contribution in [1.82, 2.24) is 15.1 Å². The van der Waals surface area contributed by atoms with Crippen LogP contribution in [0.5, 0.6) is 0 Å². The Kier molecular flexibility index (Phi) is 4.51. The molecule has 5 heteroatoms. The predicted octanol–water partition coefficient (Wildman–Crippen LogP) is 2.87. The average molecular weight is 347 g/mol. The molecule has 0 amide bonds. The maximum Gasteiger partial charge on any atom is 0.151 e. The van der Waals surface area contributed by atoms with Gasteiger partial charge in [0.15, 0.2) is 5.82 Å². The summed E-state index contributed by atoms with van der Waals surface area (Å²) in [5, 5.41) is 8.42. The Labute approximate surface area is 133 Å². The van der Waals surface area contributed by atoms with Gasteiger partial charge in [-0.15, -0.1) is 5.10 Å².